The molecule has 2 aromatic carbocycles. The molecule has 0 aliphatic heterocycles. The van der Waals surface area contributed by atoms with Crippen LogP contribution in [0.2, 0.25) is 0 Å². The van der Waals surface area contributed by atoms with Gasteiger partial charge in [0.05, 0.1) is 24.9 Å². The van der Waals surface area contributed by atoms with E-state index in [4.69, 9.17) is 19.3 Å². The number of methoxy groups -OCH3 is 1. The number of ether oxygens (including phenoxy) is 3. The smallest absolute Gasteiger partial charge is 0.161 e. The molecule has 6 nitrogen and oxygen atoms in total. The van der Waals surface area contributed by atoms with Gasteiger partial charge in [-0.15, -0.1) is 11.3 Å². The van der Waals surface area contributed by atoms with E-state index in [9.17, 15) is 0 Å². The minimum absolute atomic E-state index is 0.0302. The summed E-state index contributed by atoms with van der Waals surface area (Å²) in [5.74, 6) is 2.12. The van der Waals surface area contributed by atoms with Crippen LogP contribution in [0.25, 0.3) is 0 Å². The molecule has 0 amide bonds. The summed E-state index contributed by atoms with van der Waals surface area (Å²) in [5, 5.41) is 14.4. The second-order valence-electron chi connectivity index (χ2n) is 6.50. The third-order valence-electron chi connectivity index (χ3n) is 4.44. The van der Waals surface area contributed by atoms with Gasteiger partial charge in [-0.3, -0.25) is 0 Å². The predicted octanol–water partition coefficient (Wildman–Crippen LogP) is 3.95. The molecular weight excluding hydrogens is 388 g/mol. The van der Waals surface area contributed by atoms with Crippen molar-refractivity contribution in [2.75, 3.05) is 20.3 Å². The molecule has 2 N–H and O–H groups in total. The summed E-state index contributed by atoms with van der Waals surface area (Å²) in [7, 11) is 1.61. The number of aliphatic hydroxyl groups is 1. The highest BCUT2D eigenvalue weighted by atomic mass is 32.1. The molecule has 1 atom stereocenters. The van der Waals surface area contributed by atoms with E-state index < -0.39 is 0 Å². The van der Waals surface area contributed by atoms with Crippen molar-refractivity contribution in [1.82, 2.24) is 10.3 Å². The number of aliphatic hydroxyl groups excluding tert-OH is 1. The van der Waals surface area contributed by atoms with E-state index in [1.807, 2.05) is 35.7 Å². The van der Waals surface area contributed by atoms with Crippen LogP contribution in [0.5, 0.6) is 17.2 Å². The van der Waals surface area contributed by atoms with Gasteiger partial charge in [-0.25, -0.2) is 4.98 Å². The first-order valence-electron chi connectivity index (χ1n) is 9.43. The van der Waals surface area contributed by atoms with Gasteiger partial charge in [0.2, 0.25) is 0 Å². The van der Waals surface area contributed by atoms with E-state index in [-0.39, 0.29) is 19.3 Å². The van der Waals surface area contributed by atoms with Crippen LogP contribution in [0.4, 0.5) is 0 Å². The van der Waals surface area contributed by atoms with Crippen molar-refractivity contribution < 1.29 is 19.3 Å². The third-order valence-corrected chi connectivity index (χ3v) is 5.08. The lowest BCUT2D eigenvalue weighted by Crippen LogP contribution is -2.18. The normalized spacial score (nSPS) is 11.8. The van der Waals surface area contributed by atoms with Gasteiger partial charge in [-0.05, 0) is 42.3 Å². The number of rotatable bonds is 11. The fourth-order valence-electron chi connectivity index (χ4n) is 2.79. The zero-order valence-corrected chi connectivity index (χ0v) is 17.4. The first-order valence-corrected chi connectivity index (χ1v) is 10.4. The maximum absolute atomic E-state index is 8.92. The molecule has 0 saturated carbocycles. The minimum Gasteiger partial charge on any atom is -0.493 e. The van der Waals surface area contributed by atoms with Crippen molar-refractivity contribution >= 4 is 11.3 Å². The summed E-state index contributed by atoms with van der Waals surface area (Å²) in [5.41, 5.74) is 5.02. The Morgan fingerprint density at radius 3 is 2.62 bits per heavy atom. The van der Waals surface area contributed by atoms with Gasteiger partial charge in [-0.2, -0.15) is 0 Å². The molecule has 0 saturated heterocycles. The molecule has 0 aliphatic rings. The molecule has 3 rings (SSSR count). The number of benzene rings is 2. The summed E-state index contributed by atoms with van der Waals surface area (Å²) in [6, 6.07) is 14.0. The van der Waals surface area contributed by atoms with Crippen LogP contribution in [0.3, 0.4) is 0 Å². The zero-order chi connectivity index (χ0) is 20.5. The van der Waals surface area contributed by atoms with E-state index >= 15 is 0 Å². The van der Waals surface area contributed by atoms with Crippen LogP contribution >= 0.6 is 11.3 Å². The maximum Gasteiger partial charge on any atom is 0.161 e. The fraction of sp³-hybridized carbons (Fsp3) is 0.318. The highest BCUT2D eigenvalue weighted by molar-refractivity contribution is 7.07. The lowest BCUT2D eigenvalue weighted by molar-refractivity contribution is 0.196. The van der Waals surface area contributed by atoms with Crippen LogP contribution in [0, 0.1) is 0 Å². The molecule has 0 fully saturated rings. The Bertz CT molecular complexity index is 869. The van der Waals surface area contributed by atoms with Crippen LogP contribution < -0.4 is 19.5 Å². The molecular formula is C22H26N2O4S. The Morgan fingerprint density at radius 1 is 1.10 bits per heavy atom. The van der Waals surface area contributed by atoms with Crippen molar-refractivity contribution in [3.05, 3.63) is 70.2 Å². The molecule has 29 heavy (non-hydrogen) atoms. The molecule has 0 radical (unpaired) electrons. The molecule has 7 heteroatoms. The Labute approximate surface area is 175 Å². The molecule has 0 unspecified atom stereocenters. The Hall–Kier alpha value is -2.61. The van der Waals surface area contributed by atoms with Crippen molar-refractivity contribution in [2.45, 2.75) is 26.1 Å². The van der Waals surface area contributed by atoms with Crippen LogP contribution in [-0.4, -0.2) is 30.4 Å². The van der Waals surface area contributed by atoms with E-state index in [0.717, 1.165) is 23.6 Å². The molecule has 0 aliphatic carbocycles. The van der Waals surface area contributed by atoms with Crippen molar-refractivity contribution in [2.24, 2.45) is 0 Å². The highest BCUT2D eigenvalue weighted by Gasteiger charge is 2.11. The lowest BCUT2D eigenvalue weighted by atomic mass is 10.1. The SMILES string of the molecule is COc1cc([C@H](C)NCc2ccc(OCc3cscn3)cc2)ccc1OCCO. The van der Waals surface area contributed by atoms with E-state index in [1.165, 1.54) is 5.56 Å². The first kappa shape index (κ1) is 21.1. The summed E-state index contributed by atoms with van der Waals surface area (Å²) in [4.78, 5) is 4.21. The highest BCUT2D eigenvalue weighted by Crippen LogP contribution is 2.30. The van der Waals surface area contributed by atoms with Crippen molar-refractivity contribution in [3.8, 4) is 17.2 Å². The monoisotopic (exact) mass is 414 g/mol. The number of hydrogen-bond acceptors (Lipinski definition) is 7. The third kappa shape index (κ3) is 6.19. The Morgan fingerprint density at radius 2 is 1.93 bits per heavy atom. The summed E-state index contributed by atoms with van der Waals surface area (Å²) in [6.45, 7) is 3.54. The van der Waals surface area contributed by atoms with Gasteiger partial charge >= 0.3 is 0 Å². The average molecular weight is 415 g/mol. The molecule has 1 heterocycles. The molecule has 1 aromatic heterocycles. The minimum atomic E-state index is -0.0302. The topological polar surface area (TPSA) is 72.8 Å². The van der Waals surface area contributed by atoms with Crippen LogP contribution in [0.15, 0.2) is 53.4 Å². The standard InChI is InChI=1S/C22H26N2O4S/c1-16(18-5-8-21(27-10-9-25)22(11-18)26-2)23-12-17-3-6-20(7-4-17)28-13-19-14-29-15-24-19/h3-8,11,14-16,23,25H,9-10,12-13H2,1-2H3/t16-/m0/s1. The number of nitrogens with zero attached hydrogens (tertiary/aromatic N) is 1. The van der Waals surface area contributed by atoms with Gasteiger partial charge in [0.25, 0.3) is 0 Å². The second kappa shape index (κ2) is 10.8. The molecule has 3 aromatic rings. The van der Waals surface area contributed by atoms with Gasteiger partial charge in [0, 0.05) is 18.0 Å². The summed E-state index contributed by atoms with van der Waals surface area (Å²) in [6.07, 6.45) is 0. The van der Waals surface area contributed by atoms with E-state index in [0.29, 0.717) is 18.1 Å². The number of thiazole rings is 1. The lowest BCUT2D eigenvalue weighted by Gasteiger charge is -2.17. The van der Waals surface area contributed by atoms with Gasteiger partial charge in [0.1, 0.15) is 19.0 Å². The molecule has 0 bridgehead atoms. The molecule has 0 spiro atoms. The Balaban J connectivity index is 1.52. The van der Waals surface area contributed by atoms with Gasteiger partial charge < -0.3 is 24.6 Å². The van der Waals surface area contributed by atoms with Gasteiger partial charge in [-0.1, -0.05) is 18.2 Å². The first-order chi connectivity index (χ1) is 14.2. The van der Waals surface area contributed by atoms with Crippen LogP contribution in [-0.2, 0) is 13.2 Å². The maximum atomic E-state index is 8.92. The quantitative estimate of drug-likeness (QED) is 0.495. The van der Waals surface area contributed by atoms with Crippen molar-refractivity contribution in [3.63, 3.8) is 0 Å². The van der Waals surface area contributed by atoms with Crippen molar-refractivity contribution in [1.29, 1.82) is 0 Å². The Kier molecular flexibility index (Phi) is 7.86. The number of hydrogen-bond donors (Lipinski definition) is 2. The zero-order valence-electron chi connectivity index (χ0n) is 16.6. The second-order valence-corrected chi connectivity index (χ2v) is 7.22. The summed E-state index contributed by atoms with van der Waals surface area (Å²) < 4.78 is 16.6. The number of aromatic nitrogens is 1. The fourth-order valence-corrected chi connectivity index (χ4v) is 3.33. The largest absolute Gasteiger partial charge is 0.493 e. The molecule has 154 valence electrons. The average Bonchev–Trinajstić information content (AvgIpc) is 3.29. The number of nitrogens with one attached hydrogen (secondary N) is 1. The van der Waals surface area contributed by atoms with Crippen LogP contribution in [0.1, 0.15) is 29.8 Å². The van der Waals surface area contributed by atoms with E-state index in [2.05, 4.69) is 29.4 Å². The summed E-state index contributed by atoms with van der Waals surface area (Å²) >= 11 is 1.57. The predicted molar refractivity (Wildman–Crippen MR) is 114 cm³/mol. The van der Waals surface area contributed by atoms with E-state index in [1.54, 1.807) is 24.0 Å². The van der Waals surface area contributed by atoms with Gasteiger partial charge in [0.15, 0.2) is 11.5 Å².